The van der Waals surface area contributed by atoms with E-state index in [0.29, 0.717) is 5.56 Å². The van der Waals surface area contributed by atoms with Crippen molar-refractivity contribution in [1.29, 1.82) is 0 Å². The highest BCUT2D eigenvalue weighted by Crippen LogP contribution is 2.19. The molecule has 0 aliphatic rings. The van der Waals surface area contributed by atoms with Crippen LogP contribution in [0.1, 0.15) is 26.3 Å². The fourth-order valence-electron chi connectivity index (χ4n) is 3.31. The second kappa shape index (κ2) is 11.6. The molecule has 3 aromatic carbocycles. The molecule has 0 bridgehead atoms. The monoisotopic (exact) mass is 514 g/mol. The fourth-order valence-corrected chi connectivity index (χ4v) is 4.50. The molecule has 0 saturated carbocycles. The number of esters is 2. The maximum Gasteiger partial charge on any atom is 0.337 e. The third-order valence-corrected chi connectivity index (χ3v) is 6.55. The Morgan fingerprint density at radius 2 is 1.42 bits per heavy atom. The van der Waals surface area contributed by atoms with Crippen molar-refractivity contribution in [3.63, 3.8) is 0 Å². The quantitative estimate of drug-likeness (QED) is 0.420. The summed E-state index contributed by atoms with van der Waals surface area (Å²) in [6.07, 6.45) is -0.0202. The molecule has 0 saturated heterocycles. The molecular weight excluding hydrogens is 491 g/mol. The second-order valence-corrected chi connectivity index (χ2v) is 9.30. The first-order valence-corrected chi connectivity index (χ1v) is 12.1. The number of carbonyl (C=O) groups excluding carboxylic acids is 3. The maximum absolute atomic E-state index is 13.3. The van der Waals surface area contributed by atoms with Gasteiger partial charge in [0.25, 0.3) is 0 Å². The summed E-state index contributed by atoms with van der Waals surface area (Å²) in [6.45, 7) is 0. The zero-order chi connectivity index (χ0) is 26.3. The highest BCUT2D eigenvalue weighted by molar-refractivity contribution is 7.89. The molecule has 188 valence electrons. The Morgan fingerprint density at radius 3 is 1.94 bits per heavy atom. The van der Waals surface area contributed by atoms with Gasteiger partial charge in [0.05, 0.1) is 30.2 Å². The highest BCUT2D eigenvalue weighted by atomic mass is 32.2. The van der Waals surface area contributed by atoms with Crippen molar-refractivity contribution in [2.24, 2.45) is 0 Å². The van der Waals surface area contributed by atoms with Crippen LogP contribution in [0.2, 0.25) is 0 Å². The number of anilines is 1. The van der Waals surface area contributed by atoms with E-state index in [-0.39, 0.29) is 28.1 Å². The van der Waals surface area contributed by atoms with Crippen LogP contribution in [0.15, 0.2) is 77.7 Å². The van der Waals surface area contributed by atoms with Gasteiger partial charge in [0.2, 0.25) is 15.9 Å². The number of sulfonamides is 1. The third-order valence-electron chi connectivity index (χ3n) is 5.06. The predicted octanol–water partition coefficient (Wildman–Crippen LogP) is 2.93. The van der Waals surface area contributed by atoms with Gasteiger partial charge in [-0.1, -0.05) is 30.3 Å². The summed E-state index contributed by atoms with van der Waals surface area (Å²) in [6, 6.07) is 15.3. The number of ether oxygens (including phenoxy) is 2. The summed E-state index contributed by atoms with van der Waals surface area (Å²) in [7, 11) is -1.89. The number of carbonyl (C=O) groups is 3. The van der Waals surface area contributed by atoms with Crippen LogP contribution in [-0.2, 0) is 30.7 Å². The van der Waals surface area contributed by atoms with Crippen molar-refractivity contribution in [2.75, 3.05) is 19.5 Å². The van der Waals surface area contributed by atoms with Crippen LogP contribution in [0, 0.1) is 5.82 Å². The first-order chi connectivity index (χ1) is 17.1. The van der Waals surface area contributed by atoms with E-state index in [0.717, 1.165) is 38.5 Å². The number of hydrogen-bond donors (Lipinski definition) is 2. The number of methoxy groups -OCH3 is 2. The van der Waals surface area contributed by atoms with E-state index >= 15 is 0 Å². The molecule has 1 atom stereocenters. The molecule has 0 fully saturated rings. The van der Waals surface area contributed by atoms with Crippen molar-refractivity contribution in [2.45, 2.75) is 17.4 Å². The van der Waals surface area contributed by atoms with Gasteiger partial charge in [0.1, 0.15) is 11.9 Å². The molecule has 0 spiro atoms. The smallest absolute Gasteiger partial charge is 0.337 e. The molecule has 0 radical (unpaired) electrons. The van der Waals surface area contributed by atoms with Gasteiger partial charge in [-0.3, -0.25) is 4.79 Å². The average Bonchev–Trinajstić information content (AvgIpc) is 2.87. The zero-order valence-electron chi connectivity index (χ0n) is 19.4. The van der Waals surface area contributed by atoms with E-state index < -0.39 is 39.7 Å². The molecule has 3 rings (SSSR count). The van der Waals surface area contributed by atoms with Crippen molar-refractivity contribution >= 4 is 33.6 Å². The van der Waals surface area contributed by atoms with Gasteiger partial charge < -0.3 is 14.8 Å². The molecule has 2 N–H and O–H groups in total. The Hall–Kier alpha value is -4.09. The summed E-state index contributed by atoms with van der Waals surface area (Å²) in [5, 5.41) is 2.54. The molecule has 0 aromatic heterocycles. The van der Waals surface area contributed by atoms with Crippen molar-refractivity contribution in [3.8, 4) is 0 Å². The SMILES string of the molecule is COC(=O)c1cc(NC(=O)[C@@H](Cc2ccccc2)NS(=O)(=O)c2ccc(F)cc2)cc(C(=O)OC)c1. The molecule has 0 aliphatic heterocycles. The number of nitrogens with one attached hydrogen (secondary N) is 2. The molecule has 0 heterocycles. The van der Waals surface area contributed by atoms with Crippen LogP contribution < -0.4 is 10.0 Å². The molecule has 3 aromatic rings. The van der Waals surface area contributed by atoms with Gasteiger partial charge in [-0.2, -0.15) is 4.72 Å². The lowest BCUT2D eigenvalue weighted by molar-refractivity contribution is -0.117. The number of halogens is 1. The average molecular weight is 515 g/mol. The molecule has 9 nitrogen and oxygen atoms in total. The van der Waals surface area contributed by atoms with Crippen LogP contribution >= 0.6 is 0 Å². The lowest BCUT2D eigenvalue weighted by Gasteiger charge is -2.19. The van der Waals surface area contributed by atoms with Crippen LogP contribution in [0.5, 0.6) is 0 Å². The van der Waals surface area contributed by atoms with Crippen LogP contribution in [0.25, 0.3) is 0 Å². The van der Waals surface area contributed by atoms with Gasteiger partial charge in [-0.25, -0.2) is 22.4 Å². The van der Waals surface area contributed by atoms with Gasteiger partial charge in [-0.05, 0) is 54.4 Å². The maximum atomic E-state index is 13.3. The minimum Gasteiger partial charge on any atom is -0.465 e. The lowest BCUT2D eigenvalue weighted by Crippen LogP contribution is -2.45. The molecule has 36 heavy (non-hydrogen) atoms. The lowest BCUT2D eigenvalue weighted by atomic mass is 10.1. The first kappa shape index (κ1) is 26.5. The Kier molecular flexibility index (Phi) is 8.51. The molecule has 11 heteroatoms. The van der Waals surface area contributed by atoms with E-state index in [1.165, 1.54) is 18.2 Å². The minimum absolute atomic E-state index is 0.0202. The number of benzene rings is 3. The van der Waals surface area contributed by atoms with Gasteiger partial charge in [0.15, 0.2) is 0 Å². The van der Waals surface area contributed by atoms with E-state index in [2.05, 4.69) is 10.0 Å². The summed E-state index contributed by atoms with van der Waals surface area (Å²) in [4.78, 5) is 37.1. The first-order valence-electron chi connectivity index (χ1n) is 10.6. The molecule has 0 unspecified atom stereocenters. The normalized spacial score (nSPS) is 11.9. The largest absolute Gasteiger partial charge is 0.465 e. The van der Waals surface area contributed by atoms with Crippen LogP contribution in [0.4, 0.5) is 10.1 Å². The summed E-state index contributed by atoms with van der Waals surface area (Å²) >= 11 is 0. The summed E-state index contributed by atoms with van der Waals surface area (Å²) in [5.41, 5.74) is 0.657. The van der Waals surface area contributed by atoms with Crippen LogP contribution in [0.3, 0.4) is 0 Å². The highest BCUT2D eigenvalue weighted by Gasteiger charge is 2.27. The molecular formula is C25H23FN2O7S. The molecule has 0 aliphatic carbocycles. The van der Waals surface area contributed by atoms with Gasteiger partial charge in [0, 0.05) is 5.69 Å². The van der Waals surface area contributed by atoms with E-state index in [1.807, 2.05) is 0 Å². The molecule has 1 amide bonds. The predicted molar refractivity (Wildman–Crippen MR) is 128 cm³/mol. The Bertz CT molecular complexity index is 1330. The summed E-state index contributed by atoms with van der Waals surface area (Å²) < 4.78 is 50.9. The van der Waals surface area contributed by atoms with Crippen molar-refractivity contribution in [3.05, 3.63) is 95.3 Å². The van der Waals surface area contributed by atoms with E-state index in [9.17, 15) is 27.2 Å². The zero-order valence-corrected chi connectivity index (χ0v) is 20.2. The second-order valence-electron chi connectivity index (χ2n) is 7.59. The Morgan fingerprint density at radius 1 is 0.861 bits per heavy atom. The summed E-state index contributed by atoms with van der Waals surface area (Å²) in [5.74, 6) is -2.88. The minimum atomic E-state index is -4.21. The van der Waals surface area contributed by atoms with Gasteiger partial charge in [-0.15, -0.1) is 0 Å². The fraction of sp³-hybridized carbons (Fsp3) is 0.160. The van der Waals surface area contributed by atoms with E-state index in [1.54, 1.807) is 30.3 Å². The number of hydrogen-bond acceptors (Lipinski definition) is 7. The Balaban J connectivity index is 1.94. The van der Waals surface area contributed by atoms with Crippen LogP contribution in [-0.4, -0.2) is 46.5 Å². The number of amides is 1. The topological polar surface area (TPSA) is 128 Å². The van der Waals surface area contributed by atoms with E-state index in [4.69, 9.17) is 9.47 Å². The van der Waals surface area contributed by atoms with Gasteiger partial charge >= 0.3 is 11.9 Å². The van der Waals surface area contributed by atoms with Crippen molar-refractivity contribution < 1.29 is 36.7 Å². The number of rotatable bonds is 9. The Labute approximate surface area is 207 Å². The standard InChI is InChI=1S/C25H23FN2O7S/c1-34-24(30)17-13-18(25(31)35-2)15-20(14-17)27-23(29)22(12-16-6-4-3-5-7-16)28-36(32,33)21-10-8-19(26)9-11-21/h3-11,13-15,22,28H,12H2,1-2H3,(H,27,29)/t22-/m1/s1. The van der Waals surface area contributed by atoms with Crippen molar-refractivity contribution in [1.82, 2.24) is 4.72 Å². The third kappa shape index (κ3) is 6.74.